The number of nitrogens with zero attached hydrogens (tertiary/aromatic N) is 1. The molecule has 0 saturated heterocycles. The van der Waals surface area contributed by atoms with Gasteiger partial charge in [-0.1, -0.05) is 24.3 Å². The number of aliphatic hydroxyl groups excluding tert-OH is 1. The number of aromatic amines is 1. The fraction of sp³-hybridized carbons (Fsp3) is 0.364. The first-order valence-electron chi connectivity index (χ1n) is 9.36. The monoisotopic (exact) mass is 350 g/mol. The molecule has 4 nitrogen and oxygen atoms in total. The molecule has 2 aromatic carbocycles. The van der Waals surface area contributed by atoms with Gasteiger partial charge in [0.05, 0.1) is 13.2 Å². The molecule has 0 unspecified atom stereocenters. The summed E-state index contributed by atoms with van der Waals surface area (Å²) in [6, 6.07) is 12.7. The molecular weight excluding hydrogens is 324 g/mol. The minimum Gasteiger partial charge on any atom is -0.494 e. The standard InChI is InChI=1S/C22H26N2O2/c1-3-26-21-8-7-16(11-17(21)14-25)12-24-10-9-20-19(13-24)18-6-4-5-15(2)22(18)23-20/h4-8,11,23,25H,3,9-10,12-14H2,1-2H3. The van der Waals surface area contributed by atoms with Gasteiger partial charge in [0.15, 0.2) is 0 Å². The number of benzene rings is 2. The summed E-state index contributed by atoms with van der Waals surface area (Å²) in [5.41, 5.74) is 7.49. The van der Waals surface area contributed by atoms with Crippen molar-refractivity contribution in [2.24, 2.45) is 0 Å². The Kier molecular flexibility index (Phi) is 4.70. The second kappa shape index (κ2) is 7.14. The van der Waals surface area contributed by atoms with E-state index in [1.807, 2.05) is 13.0 Å². The summed E-state index contributed by atoms with van der Waals surface area (Å²) in [7, 11) is 0. The highest BCUT2D eigenvalue weighted by Crippen LogP contribution is 2.30. The van der Waals surface area contributed by atoms with Gasteiger partial charge in [0.1, 0.15) is 5.75 Å². The van der Waals surface area contributed by atoms with Gasteiger partial charge in [0, 0.05) is 48.2 Å². The number of aromatic nitrogens is 1. The summed E-state index contributed by atoms with van der Waals surface area (Å²) in [5, 5.41) is 11.0. The van der Waals surface area contributed by atoms with Crippen LogP contribution in [-0.2, 0) is 26.1 Å². The molecule has 0 fully saturated rings. The zero-order valence-electron chi connectivity index (χ0n) is 15.5. The predicted octanol–water partition coefficient (Wildman–Crippen LogP) is 3.93. The number of H-pyrrole nitrogens is 1. The highest BCUT2D eigenvalue weighted by molar-refractivity contribution is 5.87. The van der Waals surface area contributed by atoms with Gasteiger partial charge < -0.3 is 14.8 Å². The number of ether oxygens (including phenoxy) is 1. The van der Waals surface area contributed by atoms with Crippen LogP contribution in [0.3, 0.4) is 0 Å². The van der Waals surface area contributed by atoms with Crippen LogP contribution >= 0.6 is 0 Å². The molecule has 4 rings (SSSR count). The zero-order valence-corrected chi connectivity index (χ0v) is 15.5. The molecule has 0 bridgehead atoms. The molecule has 2 N–H and O–H groups in total. The first-order chi connectivity index (χ1) is 12.7. The molecule has 0 saturated carbocycles. The van der Waals surface area contributed by atoms with E-state index in [1.54, 1.807) is 0 Å². The molecule has 4 heteroatoms. The number of nitrogens with one attached hydrogen (secondary N) is 1. The summed E-state index contributed by atoms with van der Waals surface area (Å²) in [6.07, 6.45) is 1.05. The van der Waals surface area contributed by atoms with Gasteiger partial charge in [-0.15, -0.1) is 0 Å². The Morgan fingerprint density at radius 2 is 2.12 bits per heavy atom. The van der Waals surface area contributed by atoms with Crippen LogP contribution in [-0.4, -0.2) is 28.1 Å². The van der Waals surface area contributed by atoms with Gasteiger partial charge in [-0.3, -0.25) is 4.90 Å². The summed E-state index contributed by atoms with van der Waals surface area (Å²) in [6.45, 7) is 7.64. The second-order valence-corrected chi connectivity index (χ2v) is 7.07. The lowest BCUT2D eigenvalue weighted by Crippen LogP contribution is -2.29. The Labute approximate surface area is 154 Å². The van der Waals surface area contributed by atoms with E-state index in [0.29, 0.717) is 6.61 Å². The van der Waals surface area contributed by atoms with Gasteiger partial charge in [-0.25, -0.2) is 0 Å². The highest BCUT2D eigenvalue weighted by atomic mass is 16.5. The Morgan fingerprint density at radius 3 is 2.92 bits per heavy atom. The van der Waals surface area contributed by atoms with Crippen molar-refractivity contribution in [1.82, 2.24) is 9.88 Å². The second-order valence-electron chi connectivity index (χ2n) is 7.07. The lowest BCUT2D eigenvalue weighted by molar-refractivity contribution is 0.244. The SMILES string of the molecule is CCOc1ccc(CN2CCc3[nH]c4c(C)cccc4c3C2)cc1CO. The van der Waals surface area contributed by atoms with Crippen molar-refractivity contribution in [2.45, 2.75) is 40.0 Å². The van der Waals surface area contributed by atoms with Gasteiger partial charge in [-0.05, 0) is 42.7 Å². The first-order valence-corrected chi connectivity index (χ1v) is 9.36. The van der Waals surface area contributed by atoms with Crippen LogP contribution in [0.25, 0.3) is 10.9 Å². The molecule has 0 spiro atoms. The number of fused-ring (bicyclic) bond motifs is 3. The van der Waals surface area contributed by atoms with E-state index in [9.17, 15) is 5.11 Å². The normalized spacial score (nSPS) is 14.6. The van der Waals surface area contributed by atoms with Gasteiger partial charge in [0.2, 0.25) is 0 Å². The molecule has 0 amide bonds. The third-order valence-corrected chi connectivity index (χ3v) is 5.30. The molecular formula is C22H26N2O2. The Hall–Kier alpha value is -2.30. The number of para-hydroxylation sites is 1. The lowest BCUT2D eigenvalue weighted by Gasteiger charge is -2.27. The quantitative estimate of drug-likeness (QED) is 0.733. The molecule has 0 aliphatic carbocycles. The Morgan fingerprint density at radius 1 is 1.23 bits per heavy atom. The molecule has 0 atom stereocenters. The maximum atomic E-state index is 9.62. The summed E-state index contributed by atoms with van der Waals surface area (Å²) >= 11 is 0. The van der Waals surface area contributed by atoms with Crippen LogP contribution in [0.2, 0.25) is 0 Å². The van der Waals surface area contributed by atoms with Crippen molar-refractivity contribution in [3.63, 3.8) is 0 Å². The fourth-order valence-corrected chi connectivity index (χ4v) is 3.98. The fourth-order valence-electron chi connectivity index (χ4n) is 3.98. The van der Waals surface area contributed by atoms with Crippen molar-refractivity contribution in [3.8, 4) is 5.75 Å². The van der Waals surface area contributed by atoms with E-state index in [0.717, 1.165) is 37.4 Å². The lowest BCUT2D eigenvalue weighted by atomic mass is 10.0. The van der Waals surface area contributed by atoms with E-state index in [1.165, 1.54) is 33.3 Å². The van der Waals surface area contributed by atoms with Gasteiger partial charge >= 0.3 is 0 Å². The van der Waals surface area contributed by atoms with Crippen molar-refractivity contribution in [1.29, 1.82) is 0 Å². The molecule has 1 aliphatic rings. The van der Waals surface area contributed by atoms with Crippen molar-refractivity contribution < 1.29 is 9.84 Å². The number of aryl methyl sites for hydroxylation is 1. The maximum Gasteiger partial charge on any atom is 0.124 e. The number of hydrogen-bond donors (Lipinski definition) is 2. The zero-order chi connectivity index (χ0) is 18.1. The van der Waals surface area contributed by atoms with E-state index in [2.05, 4.69) is 47.1 Å². The molecule has 3 aromatic rings. The summed E-state index contributed by atoms with van der Waals surface area (Å²) in [5.74, 6) is 0.784. The van der Waals surface area contributed by atoms with Crippen LogP contribution in [0, 0.1) is 6.92 Å². The number of rotatable bonds is 5. The van der Waals surface area contributed by atoms with Crippen LogP contribution in [0.4, 0.5) is 0 Å². The predicted molar refractivity (Wildman–Crippen MR) is 104 cm³/mol. The summed E-state index contributed by atoms with van der Waals surface area (Å²) in [4.78, 5) is 6.11. The van der Waals surface area contributed by atoms with E-state index in [-0.39, 0.29) is 6.61 Å². The van der Waals surface area contributed by atoms with Crippen LogP contribution in [0.5, 0.6) is 5.75 Å². The molecule has 136 valence electrons. The number of hydrogen-bond acceptors (Lipinski definition) is 3. The largest absolute Gasteiger partial charge is 0.494 e. The number of aliphatic hydroxyl groups is 1. The van der Waals surface area contributed by atoms with E-state index in [4.69, 9.17) is 4.74 Å². The van der Waals surface area contributed by atoms with E-state index >= 15 is 0 Å². The first kappa shape index (κ1) is 17.1. The average molecular weight is 350 g/mol. The maximum absolute atomic E-state index is 9.62. The van der Waals surface area contributed by atoms with Crippen LogP contribution in [0.1, 0.15) is 34.9 Å². The third kappa shape index (κ3) is 3.11. The van der Waals surface area contributed by atoms with Gasteiger partial charge in [0.25, 0.3) is 0 Å². The van der Waals surface area contributed by atoms with Crippen LogP contribution in [0.15, 0.2) is 36.4 Å². The molecule has 26 heavy (non-hydrogen) atoms. The van der Waals surface area contributed by atoms with Crippen LogP contribution < -0.4 is 4.74 Å². The molecule has 1 aliphatic heterocycles. The highest BCUT2D eigenvalue weighted by Gasteiger charge is 2.21. The van der Waals surface area contributed by atoms with Crippen molar-refractivity contribution in [2.75, 3.05) is 13.2 Å². The minimum absolute atomic E-state index is 0.00897. The van der Waals surface area contributed by atoms with Crippen molar-refractivity contribution >= 4 is 10.9 Å². The smallest absolute Gasteiger partial charge is 0.124 e. The minimum atomic E-state index is 0.00897. The summed E-state index contributed by atoms with van der Waals surface area (Å²) < 4.78 is 5.59. The van der Waals surface area contributed by atoms with Crippen molar-refractivity contribution in [3.05, 3.63) is 64.3 Å². The topological polar surface area (TPSA) is 48.5 Å². The van der Waals surface area contributed by atoms with Gasteiger partial charge in [-0.2, -0.15) is 0 Å². The molecule has 0 radical (unpaired) electrons. The molecule has 2 heterocycles. The van der Waals surface area contributed by atoms with E-state index < -0.39 is 0 Å². The Balaban J connectivity index is 1.56. The average Bonchev–Trinajstić information content (AvgIpc) is 3.03. The Bertz CT molecular complexity index is 929. The third-order valence-electron chi connectivity index (χ3n) is 5.30. The molecule has 1 aromatic heterocycles.